The maximum absolute atomic E-state index is 12.0. The molecule has 180 valence electrons. The van der Waals surface area contributed by atoms with Crippen molar-refractivity contribution >= 4 is 23.0 Å². The molecule has 4 rings (SSSR count). The highest BCUT2D eigenvalue weighted by atomic mass is 16.2. The molecule has 2 N–H and O–H groups in total. The lowest BCUT2D eigenvalue weighted by Gasteiger charge is -2.39. The number of aromatic nitrogens is 4. The van der Waals surface area contributed by atoms with Crippen molar-refractivity contribution < 1.29 is 4.79 Å². The molecule has 1 amide bonds. The molecule has 1 aromatic carbocycles. The molecule has 9 nitrogen and oxygen atoms in total. The summed E-state index contributed by atoms with van der Waals surface area (Å²) in [6, 6.07) is 8.99. The topological polar surface area (TPSA) is 99.2 Å². The summed E-state index contributed by atoms with van der Waals surface area (Å²) in [5.74, 6) is 0.500. The Hall–Kier alpha value is -3.46. The highest BCUT2D eigenvalue weighted by Crippen LogP contribution is 2.27. The fourth-order valence-corrected chi connectivity index (χ4v) is 4.68. The molecule has 1 unspecified atom stereocenters. The predicted molar refractivity (Wildman–Crippen MR) is 134 cm³/mol. The lowest BCUT2D eigenvalue weighted by atomic mass is 9.98. The van der Waals surface area contributed by atoms with E-state index >= 15 is 0 Å². The van der Waals surface area contributed by atoms with Crippen molar-refractivity contribution in [1.82, 2.24) is 29.3 Å². The minimum Gasteiger partial charge on any atom is -0.348 e. The number of benzene rings is 1. The van der Waals surface area contributed by atoms with E-state index in [9.17, 15) is 9.59 Å². The summed E-state index contributed by atoms with van der Waals surface area (Å²) in [5.41, 5.74) is 3.47. The summed E-state index contributed by atoms with van der Waals surface area (Å²) in [6.07, 6.45) is 4.04. The first kappa shape index (κ1) is 23.7. The summed E-state index contributed by atoms with van der Waals surface area (Å²) in [7, 11) is 0. The van der Waals surface area contributed by atoms with Gasteiger partial charge in [0.25, 0.3) is 0 Å². The summed E-state index contributed by atoms with van der Waals surface area (Å²) >= 11 is 0. The number of carbonyl (C=O) groups is 1. The molecule has 0 bridgehead atoms. The number of imidazole rings is 1. The number of aryl methyl sites for hydroxylation is 1. The van der Waals surface area contributed by atoms with E-state index in [0.717, 1.165) is 38.2 Å². The van der Waals surface area contributed by atoms with Crippen molar-refractivity contribution in [2.24, 2.45) is 0 Å². The monoisotopic (exact) mass is 463 g/mol. The SMILES string of the molecule is C=CC(=O)N1CCN(C(CC)c2ccc([C@H](C)Nc3ncc4[nH]c(=O)n(CC)c4n3)cc2)CC1. The number of piperazine rings is 1. The maximum Gasteiger partial charge on any atom is 0.327 e. The van der Waals surface area contributed by atoms with Crippen LogP contribution in [0.1, 0.15) is 50.4 Å². The minimum absolute atomic E-state index is 0.000720. The highest BCUT2D eigenvalue weighted by Gasteiger charge is 2.25. The first-order valence-electron chi connectivity index (χ1n) is 11.9. The van der Waals surface area contributed by atoms with Gasteiger partial charge in [-0.25, -0.2) is 9.78 Å². The van der Waals surface area contributed by atoms with Crippen LogP contribution in [-0.2, 0) is 11.3 Å². The number of hydrogen-bond donors (Lipinski definition) is 2. The van der Waals surface area contributed by atoms with E-state index in [1.807, 2.05) is 11.8 Å². The first-order chi connectivity index (χ1) is 16.4. The number of aromatic amines is 1. The zero-order chi connectivity index (χ0) is 24.2. The lowest BCUT2D eigenvalue weighted by Crippen LogP contribution is -2.49. The molecule has 0 saturated carbocycles. The smallest absolute Gasteiger partial charge is 0.327 e. The van der Waals surface area contributed by atoms with Crippen molar-refractivity contribution in [1.29, 1.82) is 0 Å². The zero-order valence-electron chi connectivity index (χ0n) is 20.1. The Morgan fingerprint density at radius 1 is 1.18 bits per heavy atom. The van der Waals surface area contributed by atoms with E-state index in [4.69, 9.17) is 0 Å². The van der Waals surface area contributed by atoms with Gasteiger partial charge in [0, 0.05) is 38.8 Å². The van der Waals surface area contributed by atoms with Gasteiger partial charge in [0.05, 0.1) is 12.2 Å². The third-order valence-electron chi connectivity index (χ3n) is 6.62. The molecule has 3 aromatic rings. The molecule has 3 heterocycles. The van der Waals surface area contributed by atoms with Crippen LogP contribution in [0.4, 0.5) is 5.95 Å². The molecule has 1 fully saturated rings. The van der Waals surface area contributed by atoms with Gasteiger partial charge in [0.2, 0.25) is 11.9 Å². The summed E-state index contributed by atoms with van der Waals surface area (Å²) in [6.45, 7) is 13.5. The van der Waals surface area contributed by atoms with Gasteiger partial charge in [-0.3, -0.25) is 14.3 Å². The molecule has 0 spiro atoms. The van der Waals surface area contributed by atoms with Crippen LogP contribution in [0.25, 0.3) is 11.2 Å². The van der Waals surface area contributed by atoms with Crippen molar-refractivity contribution in [2.75, 3.05) is 31.5 Å². The number of nitrogens with one attached hydrogen (secondary N) is 2. The minimum atomic E-state index is -0.174. The van der Waals surface area contributed by atoms with E-state index in [1.165, 1.54) is 11.6 Å². The van der Waals surface area contributed by atoms with Gasteiger partial charge in [-0.2, -0.15) is 4.98 Å². The third kappa shape index (κ3) is 4.75. The van der Waals surface area contributed by atoms with E-state index < -0.39 is 0 Å². The van der Waals surface area contributed by atoms with Crippen LogP contribution in [0, 0.1) is 0 Å². The van der Waals surface area contributed by atoms with Crippen LogP contribution in [0.3, 0.4) is 0 Å². The standard InChI is InChI=1S/C25H33N7O2/c1-5-21(30-12-14-31(15-13-30)22(33)6-2)19-10-8-18(9-11-19)17(4)27-24-26-16-20-23(29-24)32(7-3)25(34)28-20/h6,8-11,16-17,21H,2,5,7,12-15H2,1,3-4H3,(H,28,34)(H,26,27,29)/t17-,21?/m0/s1. The van der Waals surface area contributed by atoms with Gasteiger partial charge in [-0.1, -0.05) is 37.8 Å². The molecular weight excluding hydrogens is 430 g/mol. The second-order valence-electron chi connectivity index (χ2n) is 8.63. The van der Waals surface area contributed by atoms with Crippen LogP contribution in [-0.4, -0.2) is 61.4 Å². The molecule has 1 aliphatic heterocycles. The van der Waals surface area contributed by atoms with Crippen LogP contribution in [0.5, 0.6) is 0 Å². The van der Waals surface area contributed by atoms with E-state index in [-0.39, 0.29) is 17.6 Å². The number of nitrogens with zero attached hydrogens (tertiary/aromatic N) is 5. The fraction of sp³-hybridized carbons (Fsp3) is 0.440. The largest absolute Gasteiger partial charge is 0.348 e. The third-order valence-corrected chi connectivity index (χ3v) is 6.62. The Morgan fingerprint density at radius 3 is 2.47 bits per heavy atom. The number of hydrogen-bond acceptors (Lipinski definition) is 6. The Kier molecular flexibility index (Phi) is 7.12. The zero-order valence-corrected chi connectivity index (χ0v) is 20.1. The van der Waals surface area contributed by atoms with Crippen molar-refractivity contribution in [2.45, 2.75) is 45.8 Å². The van der Waals surface area contributed by atoms with Gasteiger partial charge in [-0.05, 0) is 37.5 Å². The van der Waals surface area contributed by atoms with Gasteiger partial charge in [0.1, 0.15) is 5.52 Å². The molecule has 0 aliphatic carbocycles. The van der Waals surface area contributed by atoms with Crippen LogP contribution >= 0.6 is 0 Å². The molecule has 2 aromatic heterocycles. The van der Waals surface area contributed by atoms with E-state index in [2.05, 4.69) is 69.9 Å². The number of fused-ring (bicyclic) bond motifs is 1. The number of amides is 1. The van der Waals surface area contributed by atoms with Crippen molar-refractivity contribution in [3.8, 4) is 0 Å². The van der Waals surface area contributed by atoms with Crippen molar-refractivity contribution in [3.63, 3.8) is 0 Å². The van der Waals surface area contributed by atoms with E-state index in [1.54, 1.807) is 10.8 Å². The number of anilines is 1. The van der Waals surface area contributed by atoms with Gasteiger partial charge < -0.3 is 15.2 Å². The lowest BCUT2D eigenvalue weighted by molar-refractivity contribution is -0.128. The predicted octanol–water partition coefficient (Wildman–Crippen LogP) is 3.09. The second-order valence-corrected chi connectivity index (χ2v) is 8.63. The van der Waals surface area contributed by atoms with Gasteiger partial charge in [0.15, 0.2) is 5.65 Å². The van der Waals surface area contributed by atoms with E-state index in [0.29, 0.717) is 29.7 Å². The van der Waals surface area contributed by atoms with Gasteiger partial charge >= 0.3 is 5.69 Å². The molecular formula is C25H33N7O2. The summed E-state index contributed by atoms with van der Waals surface area (Å²) in [4.78, 5) is 39.9. The quantitative estimate of drug-likeness (QED) is 0.498. The average Bonchev–Trinajstić information content (AvgIpc) is 3.18. The molecule has 1 aliphatic rings. The highest BCUT2D eigenvalue weighted by molar-refractivity contribution is 5.87. The Balaban J connectivity index is 1.43. The Bertz CT molecular complexity index is 1210. The maximum atomic E-state index is 12.0. The number of H-pyrrole nitrogens is 1. The van der Waals surface area contributed by atoms with Crippen LogP contribution < -0.4 is 11.0 Å². The molecule has 34 heavy (non-hydrogen) atoms. The molecule has 1 saturated heterocycles. The van der Waals surface area contributed by atoms with Crippen molar-refractivity contribution in [3.05, 3.63) is 64.7 Å². The summed E-state index contributed by atoms with van der Waals surface area (Å²) in [5, 5.41) is 3.35. The van der Waals surface area contributed by atoms with Crippen LogP contribution in [0.2, 0.25) is 0 Å². The second kappa shape index (κ2) is 10.2. The number of carbonyl (C=O) groups excluding carboxylic acids is 1. The first-order valence-corrected chi connectivity index (χ1v) is 11.9. The molecule has 0 radical (unpaired) electrons. The Labute approximate surface area is 199 Å². The average molecular weight is 464 g/mol. The fourth-order valence-electron chi connectivity index (χ4n) is 4.68. The Morgan fingerprint density at radius 2 is 1.85 bits per heavy atom. The normalized spacial score (nSPS) is 16.4. The molecule has 2 atom stereocenters. The van der Waals surface area contributed by atoms with Gasteiger partial charge in [-0.15, -0.1) is 0 Å². The summed E-state index contributed by atoms with van der Waals surface area (Å²) < 4.78 is 1.60. The molecule has 9 heteroatoms. The number of rotatable bonds is 8. The van der Waals surface area contributed by atoms with Crippen LogP contribution in [0.15, 0.2) is 47.9 Å².